The molecule has 0 aliphatic rings. The van der Waals surface area contributed by atoms with E-state index in [1.54, 1.807) is 0 Å². The minimum absolute atomic E-state index is 0.0653. The van der Waals surface area contributed by atoms with E-state index >= 15 is 0 Å². The molecule has 1 N–H and O–H groups in total. The predicted molar refractivity (Wildman–Crippen MR) is 69.0 cm³/mol. The van der Waals surface area contributed by atoms with Crippen molar-refractivity contribution in [2.24, 2.45) is 0 Å². The van der Waals surface area contributed by atoms with E-state index in [1.807, 2.05) is 37.3 Å². The van der Waals surface area contributed by atoms with Gasteiger partial charge in [0.1, 0.15) is 4.88 Å². The number of amides is 1. The molecule has 2 rings (SSSR count). The summed E-state index contributed by atoms with van der Waals surface area (Å²) < 4.78 is 0. The van der Waals surface area contributed by atoms with E-state index < -0.39 is 0 Å². The topological polar surface area (TPSA) is 42.0 Å². The molecule has 87 valence electrons. The first-order chi connectivity index (χ1) is 8.33. The highest BCUT2D eigenvalue weighted by Gasteiger charge is 2.15. The van der Waals surface area contributed by atoms with E-state index in [1.165, 1.54) is 11.3 Å². The lowest BCUT2D eigenvalue weighted by Crippen LogP contribution is -2.23. The number of benzene rings is 1. The molecule has 0 fully saturated rings. The molecule has 0 saturated heterocycles. The van der Waals surface area contributed by atoms with Crippen LogP contribution in [0.5, 0.6) is 0 Å². The maximum absolute atomic E-state index is 11.9. The highest BCUT2D eigenvalue weighted by Crippen LogP contribution is 2.24. The number of thiazole rings is 1. The number of hydrogen-bond donors (Lipinski definition) is 1. The summed E-state index contributed by atoms with van der Waals surface area (Å²) in [6.07, 6.45) is 0.926. The third-order valence-electron chi connectivity index (χ3n) is 2.31. The molecule has 0 bridgehead atoms. The molecule has 3 nitrogen and oxygen atoms in total. The molecule has 1 radical (unpaired) electrons. The maximum Gasteiger partial charge on any atom is 0.263 e. The third kappa shape index (κ3) is 2.71. The van der Waals surface area contributed by atoms with Crippen LogP contribution in [0.4, 0.5) is 0 Å². The van der Waals surface area contributed by atoms with Gasteiger partial charge in [-0.2, -0.15) is 0 Å². The lowest BCUT2D eigenvalue weighted by atomic mass is 10.1. The summed E-state index contributed by atoms with van der Waals surface area (Å²) in [6.45, 7) is 2.71. The van der Waals surface area contributed by atoms with Gasteiger partial charge >= 0.3 is 0 Å². The van der Waals surface area contributed by atoms with Gasteiger partial charge in [-0.05, 0) is 6.42 Å². The molecule has 1 heterocycles. The summed E-state index contributed by atoms with van der Waals surface area (Å²) in [6, 6.07) is 9.69. The van der Waals surface area contributed by atoms with Crippen LogP contribution in [-0.4, -0.2) is 17.4 Å². The van der Waals surface area contributed by atoms with Gasteiger partial charge in [-0.15, -0.1) is 11.3 Å². The molecule has 0 spiro atoms. The lowest BCUT2D eigenvalue weighted by molar-refractivity contribution is 0.0958. The summed E-state index contributed by atoms with van der Waals surface area (Å²) in [7, 11) is 0. The first-order valence-electron chi connectivity index (χ1n) is 5.53. The number of carbonyl (C=O) groups is 1. The maximum atomic E-state index is 11.9. The SMILES string of the molecule is CCCNC(=O)c1s[c]nc1-c1ccccc1. The zero-order valence-corrected chi connectivity index (χ0v) is 10.4. The van der Waals surface area contributed by atoms with Crippen molar-refractivity contribution in [3.8, 4) is 11.3 Å². The second-order valence-corrected chi connectivity index (χ2v) is 4.40. The summed E-state index contributed by atoms with van der Waals surface area (Å²) in [5.74, 6) is -0.0653. The fraction of sp³-hybridized carbons (Fsp3) is 0.231. The lowest BCUT2D eigenvalue weighted by Gasteiger charge is -2.03. The second kappa shape index (κ2) is 5.59. The number of carbonyl (C=O) groups excluding carboxylic acids is 1. The van der Waals surface area contributed by atoms with Gasteiger partial charge in [0.2, 0.25) is 0 Å². The van der Waals surface area contributed by atoms with Gasteiger partial charge in [-0.1, -0.05) is 37.3 Å². The molecule has 1 amide bonds. The molecule has 17 heavy (non-hydrogen) atoms. The fourth-order valence-corrected chi connectivity index (χ4v) is 2.13. The quantitative estimate of drug-likeness (QED) is 0.900. The minimum atomic E-state index is -0.0653. The van der Waals surface area contributed by atoms with E-state index in [2.05, 4.69) is 15.8 Å². The molecular weight excluding hydrogens is 232 g/mol. The van der Waals surface area contributed by atoms with E-state index in [9.17, 15) is 4.79 Å². The van der Waals surface area contributed by atoms with Crippen molar-refractivity contribution in [3.05, 3.63) is 40.7 Å². The Kier molecular flexibility index (Phi) is 3.88. The fourth-order valence-electron chi connectivity index (χ4n) is 1.48. The number of rotatable bonds is 4. The molecular formula is C13H13N2OS. The standard InChI is InChI=1S/C13H13N2OS/c1-2-8-14-13(16)12-11(15-9-17-12)10-6-4-3-5-7-10/h3-7H,2,8H2,1H3,(H,14,16). The van der Waals surface area contributed by atoms with Crippen LogP contribution in [0.25, 0.3) is 11.3 Å². The van der Waals surface area contributed by atoms with E-state index in [0.717, 1.165) is 12.0 Å². The Hall–Kier alpha value is -1.68. The average molecular weight is 245 g/mol. The molecule has 0 atom stereocenters. The van der Waals surface area contributed by atoms with E-state index in [-0.39, 0.29) is 5.91 Å². The Morgan fingerprint density at radius 2 is 2.18 bits per heavy atom. The van der Waals surface area contributed by atoms with Crippen LogP contribution in [0.15, 0.2) is 30.3 Å². The molecule has 0 aliphatic carbocycles. The number of hydrogen-bond acceptors (Lipinski definition) is 3. The number of aromatic nitrogens is 1. The smallest absolute Gasteiger partial charge is 0.263 e. The Morgan fingerprint density at radius 3 is 2.88 bits per heavy atom. The summed E-state index contributed by atoms with van der Waals surface area (Å²) >= 11 is 1.25. The third-order valence-corrected chi connectivity index (χ3v) is 3.07. The van der Waals surface area contributed by atoms with Crippen molar-refractivity contribution in [2.75, 3.05) is 6.54 Å². The molecule has 2 aromatic rings. The monoisotopic (exact) mass is 245 g/mol. The summed E-state index contributed by atoms with van der Waals surface area (Å²) in [4.78, 5) is 16.7. The molecule has 1 aromatic carbocycles. The highest BCUT2D eigenvalue weighted by atomic mass is 32.1. The minimum Gasteiger partial charge on any atom is -0.351 e. The average Bonchev–Trinajstić information content (AvgIpc) is 2.86. The molecule has 0 saturated carbocycles. The second-order valence-electron chi connectivity index (χ2n) is 3.60. The van der Waals surface area contributed by atoms with Crippen LogP contribution in [0.1, 0.15) is 23.0 Å². The van der Waals surface area contributed by atoms with Crippen LogP contribution in [0.3, 0.4) is 0 Å². The van der Waals surface area contributed by atoms with Crippen molar-refractivity contribution in [1.82, 2.24) is 10.3 Å². The van der Waals surface area contributed by atoms with Gasteiger partial charge in [0.15, 0.2) is 5.51 Å². The zero-order valence-electron chi connectivity index (χ0n) is 9.56. The van der Waals surface area contributed by atoms with Gasteiger partial charge in [-0.3, -0.25) is 4.79 Å². The van der Waals surface area contributed by atoms with Gasteiger partial charge < -0.3 is 5.32 Å². The molecule has 4 heteroatoms. The predicted octanol–water partition coefficient (Wildman–Crippen LogP) is 2.75. The van der Waals surface area contributed by atoms with Crippen molar-refractivity contribution in [2.45, 2.75) is 13.3 Å². The first-order valence-corrected chi connectivity index (χ1v) is 6.35. The largest absolute Gasteiger partial charge is 0.351 e. The Morgan fingerprint density at radius 1 is 1.41 bits per heavy atom. The van der Waals surface area contributed by atoms with Crippen LogP contribution in [0.2, 0.25) is 0 Å². The van der Waals surface area contributed by atoms with Crippen LogP contribution >= 0.6 is 11.3 Å². The Bertz CT molecular complexity index is 493. The van der Waals surface area contributed by atoms with Gasteiger partial charge in [-0.25, -0.2) is 4.98 Å². The molecule has 0 unspecified atom stereocenters. The molecule has 0 aliphatic heterocycles. The zero-order chi connectivity index (χ0) is 12.1. The highest BCUT2D eigenvalue weighted by molar-refractivity contribution is 7.11. The van der Waals surface area contributed by atoms with Crippen molar-refractivity contribution in [1.29, 1.82) is 0 Å². The van der Waals surface area contributed by atoms with E-state index in [0.29, 0.717) is 17.1 Å². The van der Waals surface area contributed by atoms with Gasteiger partial charge in [0, 0.05) is 12.1 Å². The summed E-state index contributed by atoms with van der Waals surface area (Å²) in [5, 5.41) is 2.86. The van der Waals surface area contributed by atoms with Crippen LogP contribution in [0, 0.1) is 5.51 Å². The Balaban J connectivity index is 2.26. The summed E-state index contributed by atoms with van der Waals surface area (Å²) in [5.41, 5.74) is 4.45. The Labute approximate surface area is 105 Å². The number of nitrogens with one attached hydrogen (secondary N) is 1. The van der Waals surface area contributed by atoms with Crippen molar-refractivity contribution < 1.29 is 4.79 Å². The van der Waals surface area contributed by atoms with Crippen LogP contribution in [-0.2, 0) is 0 Å². The van der Waals surface area contributed by atoms with Gasteiger partial charge in [0.05, 0.1) is 5.69 Å². The first kappa shape index (κ1) is 11.8. The van der Waals surface area contributed by atoms with Gasteiger partial charge in [0.25, 0.3) is 5.91 Å². The van der Waals surface area contributed by atoms with Crippen molar-refractivity contribution in [3.63, 3.8) is 0 Å². The molecule has 1 aromatic heterocycles. The van der Waals surface area contributed by atoms with Crippen molar-refractivity contribution >= 4 is 17.2 Å². The number of nitrogens with zero attached hydrogens (tertiary/aromatic N) is 1. The van der Waals surface area contributed by atoms with Crippen LogP contribution < -0.4 is 5.32 Å². The van der Waals surface area contributed by atoms with E-state index in [4.69, 9.17) is 0 Å². The normalized spacial score (nSPS) is 10.2.